The predicted molar refractivity (Wildman–Crippen MR) is 560 cm³/mol. The molecule has 11 aromatic heterocycles. The highest BCUT2D eigenvalue weighted by Gasteiger charge is 2.40. The highest BCUT2D eigenvalue weighted by atomic mass is 15.5. The molecule has 18 rings (SSSR count). The second-order valence-electron chi connectivity index (χ2n) is 26.8. The van der Waals surface area contributed by atoms with Gasteiger partial charge in [-0.05, 0) is 130 Å². The van der Waals surface area contributed by atoms with Gasteiger partial charge in [-0.3, -0.25) is 24.8 Å². The van der Waals surface area contributed by atoms with E-state index >= 15 is 0 Å². The molecule has 31 nitrogen and oxygen atoms in total. The number of nitrogens with zero attached hydrogens (tertiary/aromatic N) is 31. The van der Waals surface area contributed by atoms with Crippen molar-refractivity contribution in [1.29, 1.82) is 0 Å². The molecule has 12 aromatic rings. The molecule has 6 aliphatic rings. The second-order valence-corrected chi connectivity index (χ2v) is 26.8. The van der Waals surface area contributed by atoms with Gasteiger partial charge >= 0.3 is 0 Å². The molecule has 6 atom stereocenters. The van der Waals surface area contributed by atoms with E-state index in [4.69, 9.17) is 0 Å². The topological polar surface area (TPSA) is 284 Å². The fourth-order valence-corrected chi connectivity index (χ4v) is 14.0. The zero-order valence-corrected chi connectivity index (χ0v) is 88.1. The van der Waals surface area contributed by atoms with Crippen molar-refractivity contribution >= 4 is 103 Å². The van der Waals surface area contributed by atoms with Gasteiger partial charge in [0.05, 0.1) is 71.8 Å². The zero-order chi connectivity index (χ0) is 100. The summed E-state index contributed by atoms with van der Waals surface area (Å²) in [5, 5.41) is 0. The van der Waals surface area contributed by atoms with Crippen LogP contribution in [0.2, 0.25) is 0 Å². The molecule has 0 radical (unpaired) electrons. The summed E-state index contributed by atoms with van der Waals surface area (Å²) in [6.45, 7) is 73.1. The summed E-state index contributed by atoms with van der Waals surface area (Å²) in [6, 6.07) is 16.5. The lowest BCUT2D eigenvalue weighted by Gasteiger charge is -2.28. The molecule has 0 N–H and O–H groups in total. The minimum Gasteiger partial charge on any atom is -0.350 e. The fourth-order valence-electron chi connectivity index (χ4n) is 14.0. The Bertz CT molecular complexity index is 4320. The van der Waals surface area contributed by atoms with E-state index in [0.29, 0.717) is 0 Å². The van der Waals surface area contributed by atoms with Crippen molar-refractivity contribution in [2.24, 2.45) is 0 Å². The van der Waals surface area contributed by atoms with Crippen molar-refractivity contribution in [1.82, 2.24) is 94.7 Å². The van der Waals surface area contributed by atoms with Gasteiger partial charge in [-0.15, -0.1) is 0 Å². The third-order valence-corrected chi connectivity index (χ3v) is 20.6. The van der Waals surface area contributed by atoms with Crippen molar-refractivity contribution in [3.8, 4) is 0 Å². The Hall–Kier alpha value is -13.1. The van der Waals surface area contributed by atoms with Gasteiger partial charge in [0.25, 0.3) is 0 Å². The van der Waals surface area contributed by atoms with E-state index in [2.05, 4.69) is 274 Å². The van der Waals surface area contributed by atoms with E-state index in [0.717, 1.165) is 120 Å². The minimum atomic E-state index is 0.145. The third kappa shape index (κ3) is 27.5. The molecule has 0 fully saturated rings. The van der Waals surface area contributed by atoms with Crippen molar-refractivity contribution in [2.45, 2.75) is 286 Å². The molecule has 720 valence electrons. The zero-order valence-electron chi connectivity index (χ0n) is 88.1. The molecule has 6 aliphatic heterocycles. The standard InChI is InChI=1S/C14H16N4.3C13H15N5.2C12H14N6.12C2H6/c1-10-6-4-5-7-12(10)18-11(2)17(3)13-8-15-9-16-14(13)18;1-9-6-14-5-4-11(9)18-10(2)17(3)12-7-15-8-16-13(12)18;1-9-4-5-14-6-11(9)18-10(2)17(3)12-7-15-8-16-13(12)18;1-9-11(5-4-6-15-9)18-10(2)17(3)12-7-14-8-16-13(12)18;1-8-4-13-6-15-11(8)18-9(2)17(3)12-10(18)5-14-7-16-12;1-8-11(15-5-4-14-8)18-9(2)17(3)12-10(18)6-13-7-16-12;12*1-2/h4-9,11H,1-3H3;3*4-8,10H,1-3H3;2*4-7,9H,1-3H3;12*1-2H3. The van der Waals surface area contributed by atoms with Crippen LogP contribution in [0.25, 0.3) is 0 Å². The number of fused-ring (bicyclic) bond motifs is 6. The number of aromatic nitrogens is 19. The van der Waals surface area contributed by atoms with Gasteiger partial charge in [0.2, 0.25) is 0 Å². The van der Waals surface area contributed by atoms with E-state index in [1.54, 1.807) is 56.7 Å². The van der Waals surface area contributed by atoms with E-state index < -0.39 is 0 Å². The van der Waals surface area contributed by atoms with E-state index in [9.17, 15) is 0 Å². The summed E-state index contributed by atoms with van der Waals surface area (Å²) < 4.78 is 0. The normalized spacial score (nSPS) is 15.3. The molecule has 0 spiro atoms. The average Bonchev–Trinajstić information content (AvgIpc) is 1.66. The number of rotatable bonds is 6. The molecule has 0 bridgehead atoms. The highest BCUT2D eigenvalue weighted by molar-refractivity contribution is 5.85. The number of benzene rings is 1. The van der Waals surface area contributed by atoms with E-state index in [-0.39, 0.29) is 37.0 Å². The Balaban J connectivity index is 0.000000756. The van der Waals surface area contributed by atoms with Crippen LogP contribution < -0.4 is 58.8 Å². The van der Waals surface area contributed by atoms with Crippen LogP contribution in [0.5, 0.6) is 0 Å². The monoisotopic (exact) mass is 1810 g/mol. The van der Waals surface area contributed by atoms with Gasteiger partial charge in [-0.1, -0.05) is 184 Å². The maximum absolute atomic E-state index is 4.43. The lowest BCUT2D eigenvalue weighted by atomic mass is 10.2. The number of para-hydroxylation sites is 1. The number of pyridine rings is 3. The lowest BCUT2D eigenvalue weighted by Crippen LogP contribution is -2.36. The molecular formula is C101H161N31. The number of hydrogen-bond acceptors (Lipinski definition) is 31. The first-order valence-electron chi connectivity index (χ1n) is 47.4. The van der Waals surface area contributed by atoms with Gasteiger partial charge in [0.1, 0.15) is 121 Å². The van der Waals surface area contributed by atoms with Crippen LogP contribution in [0.3, 0.4) is 0 Å². The Morgan fingerprint density at radius 3 is 0.811 bits per heavy atom. The number of hydrogen-bond donors (Lipinski definition) is 0. The average molecular weight is 1810 g/mol. The van der Waals surface area contributed by atoms with Gasteiger partial charge < -0.3 is 53.9 Å². The van der Waals surface area contributed by atoms with Crippen LogP contribution in [-0.2, 0) is 0 Å². The minimum absolute atomic E-state index is 0.145. The summed E-state index contributed by atoms with van der Waals surface area (Å²) >= 11 is 0. The van der Waals surface area contributed by atoms with Gasteiger partial charge in [-0.2, -0.15) is 0 Å². The van der Waals surface area contributed by atoms with Gasteiger partial charge in [0, 0.05) is 96.9 Å². The maximum atomic E-state index is 4.43. The third-order valence-electron chi connectivity index (χ3n) is 20.6. The summed E-state index contributed by atoms with van der Waals surface area (Å²) in [6.07, 6.45) is 37.7. The molecule has 1 aromatic carbocycles. The van der Waals surface area contributed by atoms with Crippen LogP contribution in [0.4, 0.5) is 103 Å². The van der Waals surface area contributed by atoms with Crippen LogP contribution in [0, 0.1) is 41.5 Å². The van der Waals surface area contributed by atoms with Crippen molar-refractivity contribution in [3.63, 3.8) is 0 Å². The maximum Gasteiger partial charge on any atom is 0.161 e. The Labute approximate surface area is 794 Å². The van der Waals surface area contributed by atoms with Crippen molar-refractivity contribution in [3.05, 3.63) is 213 Å². The molecule has 132 heavy (non-hydrogen) atoms. The Kier molecular flexibility index (Phi) is 55.1. The molecule has 0 saturated carbocycles. The molecular weight excluding hydrogens is 1650 g/mol. The lowest BCUT2D eigenvalue weighted by molar-refractivity contribution is 0.718. The van der Waals surface area contributed by atoms with E-state index in [1.165, 1.54) is 16.8 Å². The first-order valence-corrected chi connectivity index (χ1v) is 47.4. The molecule has 17 heterocycles. The van der Waals surface area contributed by atoms with Crippen LogP contribution in [0.1, 0.15) is 241 Å². The Morgan fingerprint density at radius 2 is 0.447 bits per heavy atom. The highest BCUT2D eigenvalue weighted by Crippen LogP contribution is 2.47. The number of anilines is 18. The smallest absolute Gasteiger partial charge is 0.161 e. The second kappa shape index (κ2) is 62.2. The largest absolute Gasteiger partial charge is 0.350 e. The van der Waals surface area contributed by atoms with Crippen molar-refractivity contribution < 1.29 is 0 Å². The Morgan fingerprint density at radius 1 is 0.182 bits per heavy atom. The quantitative estimate of drug-likeness (QED) is 0.149. The summed E-state index contributed by atoms with van der Waals surface area (Å²) in [5.41, 5.74) is 17.2. The first-order chi connectivity index (χ1) is 64.2. The first kappa shape index (κ1) is 117. The number of aryl methyl sites for hydroxylation is 6. The molecule has 6 unspecified atom stereocenters. The summed E-state index contributed by atoms with van der Waals surface area (Å²) in [4.78, 5) is 107. The predicted octanol–water partition coefficient (Wildman–Crippen LogP) is 24.4. The van der Waals surface area contributed by atoms with E-state index in [1.807, 2.05) is 294 Å². The molecule has 0 saturated heterocycles. The van der Waals surface area contributed by atoms with Gasteiger partial charge in [-0.25, -0.2) is 74.8 Å². The molecule has 0 amide bonds. The van der Waals surface area contributed by atoms with Crippen LogP contribution in [0.15, 0.2) is 180 Å². The van der Waals surface area contributed by atoms with Crippen LogP contribution in [-0.4, -0.2) is 174 Å². The summed E-state index contributed by atoms with van der Waals surface area (Å²) in [7, 11) is 12.3. The van der Waals surface area contributed by atoms with Gasteiger partial charge in [0.15, 0.2) is 40.7 Å². The SMILES string of the molecule is CC.CC.CC.CC.CC.CC.CC.CC.CC.CC.CC.CC.Cc1ccccc1N1c2ncncc2N(C)C1C.Cc1ccncc1N1c2ncncc2N(C)C1C.Cc1cnccc1N1c2ncncc2N(C)C1C.Cc1cncnc1N1c2cncnc2N(C)C1C.Cc1ncccc1N1c2ncncc2N(C)C1C.Cc1nccnc1N1c2cncnc2N(C)C1C. The van der Waals surface area contributed by atoms with Crippen LogP contribution >= 0.6 is 0 Å². The van der Waals surface area contributed by atoms with Crippen molar-refractivity contribution in [2.75, 3.05) is 101 Å². The summed E-state index contributed by atoms with van der Waals surface area (Å²) in [5.74, 6) is 7.41. The fraction of sp³-hybridized carbons (Fsp3) is 0.475. The molecule has 31 heteroatoms. The molecule has 0 aliphatic carbocycles.